The van der Waals surface area contributed by atoms with E-state index in [4.69, 9.17) is 4.74 Å². The lowest BCUT2D eigenvalue weighted by atomic mass is 9.87. The van der Waals surface area contributed by atoms with Gasteiger partial charge in [0.1, 0.15) is 28.8 Å². The van der Waals surface area contributed by atoms with E-state index in [9.17, 15) is 27.2 Å². The third kappa shape index (κ3) is 6.10. The van der Waals surface area contributed by atoms with Crippen LogP contribution < -0.4 is 4.72 Å². The van der Waals surface area contributed by atoms with Crippen molar-refractivity contribution in [2.75, 3.05) is 13.2 Å². The van der Waals surface area contributed by atoms with Gasteiger partial charge in [-0.1, -0.05) is 18.2 Å². The van der Waals surface area contributed by atoms with E-state index in [0.29, 0.717) is 0 Å². The third-order valence-electron chi connectivity index (χ3n) is 3.55. The van der Waals surface area contributed by atoms with Gasteiger partial charge < -0.3 is 14.4 Å². The van der Waals surface area contributed by atoms with E-state index in [1.807, 2.05) is 0 Å². The number of hydrogen-bond donors (Lipinski definition) is 2. The molecule has 0 spiro atoms. The molecule has 1 rings (SSSR count). The number of ether oxygens (including phenoxy) is 1. The summed E-state index contributed by atoms with van der Waals surface area (Å²) in [6.45, 7) is 3.88. The number of nitrogens with one attached hydrogen (secondary N) is 1. The lowest BCUT2D eigenvalue weighted by Crippen LogP contribution is -2.58. The van der Waals surface area contributed by atoms with Crippen LogP contribution in [0.3, 0.4) is 0 Å². The Morgan fingerprint density at radius 1 is 1.20 bits per heavy atom. The van der Waals surface area contributed by atoms with Gasteiger partial charge in [0.15, 0.2) is 0 Å². The molecule has 0 aliphatic rings. The zero-order valence-electron chi connectivity index (χ0n) is 14.5. The average molecular weight is 385 g/mol. The molecule has 0 aliphatic heterocycles. The van der Waals surface area contributed by atoms with Crippen molar-refractivity contribution in [1.82, 2.24) is 4.72 Å². The summed E-state index contributed by atoms with van der Waals surface area (Å²) < 4.78 is 71.0. The van der Waals surface area contributed by atoms with Crippen LogP contribution in [0.5, 0.6) is 0 Å². The summed E-state index contributed by atoms with van der Waals surface area (Å²) in [7, 11) is 0. The number of rotatable bonds is 7. The number of aliphatic hydroxyl groups is 1. The second-order valence-electron chi connectivity index (χ2n) is 6.76. The summed E-state index contributed by atoms with van der Waals surface area (Å²) in [5, 5.41) is 9.57. The van der Waals surface area contributed by atoms with E-state index in [-0.39, 0.29) is 5.56 Å². The van der Waals surface area contributed by atoms with Crippen LogP contribution in [0.1, 0.15) is 33.3 Å². The first-order chi connectivity index (χ1) is 11.3. The third-order valence-corrected chi connectivity index (χ3v) is 5.27. The number of alkyl halides is 3. The van der Waals surface area contributed by atoms with Gasteiger partial charge in [0, 0.05) is 16.9 Å². The minimum Gasteiger partial charge on any atom is -0.598 e. The molecule has 9 heteroatoms. The molecule has 144 valence electrons. The summed E-state index contributed by atoms with van der Waals surface area (Å²) in [4.78, 5) is 0. The maximum atomic E-state index is 14.3. The molecular weight excluding hydrogens is 362 g/mol. The topological polar surface area (TPSA) is 64.5 Å². The molecule has 0 fully saturated rings. The lowest BCUT2D eigenvalue weighted by molar-refractivity contribution is -0.196. The molecule has 0 amide bonds. The van der Waals surface area contributed by atoms with Crippen molar-refractivity contribution in [3.05, 3.63) is 35.6 Å². The summed E-state index contributed by atoms with van der Waals surface area (Å²) in [6.07, 6.45) is -6.09. The minimum absolute atomic E-state index is 0.0474. The minimum atomic E-state index is -4.62. The first-order valence-electron chi connectivity index (χ1n) is 7.55. The number of hydrogen-bond acceptors (Lipinski definition) is 4. The highest BCUT2D eigenvalue weighted by Crippen LogP contribution is 2.33. The van der Waals surface area contributed by atoms with Crippen LogP contribution in [-0.2, 0) is 21.6 Å². The summed E-state index contributed by atoms with van der Waals surface area (Å²) >= 11 is -1.75. The molecule has 0 saturated carbocycles. The van der Waals surface area contributed by atoms with Gasteiger partial charge in [-0.25, -0.2) is 4.39 Å². The van der Waals surface area contributed by atoms with Crippen LogP contribution in [0, 0.1) is 5.82 Å². The molecule has 4 nitrogen and oxygen atoms in total. The molecule has 0 bridgehead atoms. The Hall–Kier alpha value is -0.870. The van der Waals surface area contributed by atoms with Crippen molar-refractivity contribution < 1.29 is 32.0 Å². The maximum Gasteiger partial charge on any atom is 0.411 e. The van der Waals surface area contributed by atoms with Gasteiger partial charge in [-0.15, -0.1) is 4.72 Å². The fraction of sp³-hybridized carbons (Fsp3) is 0.625. The van der Waals surface area contributed by atoms with Crippen molar-refractivity contribution in [1.29, 1.82) is 0 Å². The van der Waals surface area contributed by atoms with Gasteiger partial charge in [-0.3, -0.25) is 0 Å². The number of aliphatic hydroxyl groups excluding tert-OH is 1. The largest absolute Gasteiger partial charge is 0.598 e. The van der Waals surface area contributed by atoms with Crippen molar-refractivity contribution in [3.8, 4) is 0 Å². The maximum absolute atomic E-state index is 14.3. The van der Waals surface area contributed by atoms with Gasteiger partial charge in [0.05, 0.1) is 6.61 Å². The van der Waals surface area contributed by atoms with Gasteiger partial charge >= 0.3 is 6.18 Å². The molecule has 2 N–H and O–H groups in total. The monoisotopic (exact) mass is 385 g/mol. The molecule has 1 aromatic carbocycles. The first kappa shape index (κ1) is 22.2. The molecule has 3 atom stereocenters. The molecule has 1 aromatic rings. The highest BCUT2D eigenvalue weighted by Gasteiger charge is 2.46. The Morgan fingerprint density at radius 2 is 1.76 bits per heavy atom. The van der Waals surface area contributed by atoms with Crippen molar-refractivity contribution in [2.24, 2.45) is 0 Å². The predicted octanol–water partition coefficient (Wildman–Crippen LogP) is 3.03. The van der Waals surface area contributed by atoms with E-state index in [1.54, 1.807) is 20.8 Å². The SMILES string of the molecule is CC(C)(C)[S+]([O-])N[C@](C)(c1ccccc1F)[C@H](CO)OCC(F)(F)F. The second kappa shape index (κ2) is 8.22. The average Bonchev–Trinajstić information content (AvgIpc) is 2.45. The van der Waals surface area contributed by atoms with E-state index in [0.717, 1.165) is 6.07 Å². The predicted molar refractivity (Wildman–Crippen MR) is 87.7 cm³/mol. The second-order valence-corrected chi connectivity index (χ2v) is 8.73. The molecule has 0 heterocycles. The Bertz CT molecular complexity index is 565. The first-order valence-corrected chi connectivity index (χ1v) is 8.70. The number of halogens is 4. The lowest BCUT2D eigenvalue weighted by Gasteiger charge is -2.39. The van der Waals surface area contributed by atoms with Crippen molar-refractivity contribution in [2.45, 2.75) is 50.3 Å². The normalized spacial score (nSPS) is 17.8. The van der Waals surface area contributed by atoms with Crippen LogP contribution in [0.15, 0.2) is 24.3 Å². The van der Waals surface area contributed by atoms with Gasteiger partial charge in [-0.05, 0) is 33.8 Å². The molecule has 0 aromatic heterocycles. The van der Waals surface area contributed by atoms with Crippen molar-refractivity contribution in [3.63, 3.8) is 0 Å². The van der Waals surface area contributed by atoms with Gasteiger partial charge in [-0.2, -0.15) is 13.2 Å². The fourth-order valence-corrected chi connectivity index (χ4v) is 3.05. The van der Waals surface area contributed by atoms with E-state index >= 15 is 0 Å². The Kier molecular flexibility index (Phi) is 7.29. The summed E-state index contributed by atoms with van der Waals surface area (Å²) in [6, 6.07) is 5.40. The Balaban J connectivity index is 3.28. The van der Waals surface area contributed by atoms with Crippen LogP contribution in [0.4, 0.5) is 17.6 Å². The molecule has 0 aliphatic carbocycles. The zero-order valence-corrected chi connectivity index (χ0v) is 15.3. The van der Waals surface area contributed by atoms with Crippen LogP contribution >= 0.6 is 0 Å². The standard InChI is InChI=1S/C16H23F4NO3S/c1-14(2,3)25(23)21-15(4,11-7-5-6-8-12(11)17)13(9-22)24-10-16(18,19)20/h5-8,13,21-22H,9-10H2,1-4H3/t13-,15+,25?/m0/s1. The summed E-state index contributed by atoms with van der Waals surface area (Å²) in [5.41, 5.74) is -1.70. The van der Waals surface area contributed by atoms with Crippen LogP contribution in [-0.4, -0.2) is 39.9 Å². The number of benzene rings is 1. The van der Waals surface area contributed by atoms with Gasteiger partial charge in [0.25, 0.3) is 0 Å². The van der Waals surface area contributed by atoms with Gasteiger partial charge in [0.2, 0.25) is 0 Å². The van der Waals surface area contributed by atoms with Crippen LogP contribution in [0.25, 0.3) is 0 Å². The zero-order chi connectivity index (χ0) is 19.5. The molecule has 1 unspecified atom stereocenters. The quantitative estimate of drug-likeness (QED) is 0.559. The van der Waals surface area contributed by atoms with E-state index < -0.39 is 53.0 Å². The Labute approximate surface area is 147 Å². The van der Waals surface area contributed by atoms with E-state index in [1.165, 1.54) is 25.1 Å². The summed E-state index contributed by atoms with van der Waals surface area (Å²) in [5.74, 6) is -0.711. The van der Waals surface area contributed by atoms with E-state index in [2.05, 4.69) is 4.72 Å². The Morgan fingerprint density at radius 3 is 2.20 bits per heavy atom. The van der Waals surface area contributed by atoms with Crippen molar-refractivity contribution >= 4 is 11.4 Å². The fourth-order valence-electron chi connectivity index (χ4n) is 2.12. The van der Waals surface area contributed by atoms with Crippen LogP contribution in [0.2, 0.25) is 0 Å². The molecule has 0 radical (unpaired) electrons. The highest BCUT2D eigenvalue weighted by molar-refractivity contribution is 7.90. The smallest absolute Gasteiger partial charge is 0.411 e. The molecule has 0 saturated heterocycles. The molecule has 25 heavy (non-hydrogen) atoms. The highest BCUT2D eigenvalue weighted by atomic mass is 32.2. The molecular formula is C16H23F4NO3S.